The Labute approximate surface area is 202 Å². The summed E-state index contributed by atoms with van der Waals surface area (Å²) in [6, 6.07) is 10.8. The lowest BCUT2D eigenvalue weighted by atomic mass is 9.53. The lowest BCUT2D eigenvalue weighted by Crippen LogP contribution is -2.59. The summed E-state index contributed by atoms with van der Waals surface area (Å²) in [7, 11) is 0. The van der Waals surface area contributed by atoms with Crippen molar-refractivity contribution in [3.8, 4) is 5.75 Å². The van der Waals surface area contributed by atoms with Crippen LogP contribution in [0.5, 0.6) is 5.75 Å². The number of ether oxygens (including phenoxy) is 1. The van der Waals surface area contributed by atoms with Crippen molar-refractivity contribution in [3.63, 3.8) is 0 Å². The van der Waals surface area contributed by atoms with Gasteiger partial charge < -0.3 is 20.5 Å². The molecule has 4 bridgehead atoms. The van der Waals surface area contributed by atoms with Gasteiger partial charge in [-0.15, -0.1) is 0 Å². The van der Waals surface area contributed by atoms with Gasteiger partial charge in [-0.05, 0) is 98.7 Å². The van der Waals surface area contributed by atoms with Crippen LogP contribution < -0.4 is 15.4 Å². The Morgan fingerprint density at radius 1 is 1.09 bits per heavy atom. The maximum Gasteiger partial charge on any atom is 0.259 e. The van der Waals surface area contributed by atoms with E-state index >= 15 is 0 Å². The molecule has 33 heavy (non-hydrogen) atoms. The van der Waals surface area contributed by atoms with E-state index in [-0.39, 0.29) is 23.9 Å². The summed E-state index contributed by atoms with van der Waals surface area (Å²) >= 11 is 3.40. The van der Waals surface area contributed by atoms with Crippen molar-refractivity contribution in [1.29, 1.82) is 0 Å². The summed E-state index contributed by atoms with van der Waals surface area (Å²) in [5.74, 6) is 2.22. The number of aliphatic hydroxyl groups excluding tert-OH is 1. The molecule has 1 amide bonds. The van der Waals surface area contributed by atoms with Crippen LogP contribution >= 0.6 is 15.9 Å². The third-order valence-electron chi connectivity index (χ3n) is 7.47. The van der Waals surface area contributed by atoms with Gasteiger partial charge in [-0.25, -0.2) is 4.39 Å². The number of benzene rings is 2. The van der Waals surface area contributed by atoms with Crippen LogP contribution in [-0.4, -0.2) is 35.8 Å². The fourth-order valence-electron chi connectivity index (χ4n) is 6.44. The predicted octanol–water partition coefficient (Wildman–Crippen LogP) is 5.14. The number of anilines is 1. The maximum absolute atomic E-state index is 13.1. The topological polar surface area (TPSA) is 70.6 Å². The van der Waals surface area contributed by atoms with Crippen LogP contribution in [0.3, 0.4) is 0 Å². The molecule has 0 radical (unpaired) electrons. The second kappa shape index (κ2) is 9.35. The van der Waals surface area contributed by atoms with E-state index in [1.54, 1.807) is 18.2 Å². The summed E-state index contributed by atoms with van der Waals surface area (Å²) in [4.78, 5) is 12.8. The fourth-order valence-corrected chi connectivity index (χ4v) is 6.80. The predicted molar refractivity (Wildman–Crippen MR) is 129 cm³/mol. The first-order chi connectivity index (χ1) is 15.9. The molecule has 0 aromatic heterocycles. The smallest absolute Gasteiger partial charge is 0.259 e. The highest BCUT2D eigenvalue weighted by Crippen LogP contribution is 2.55. The van der Waals surface area contributed by atoms with Crippen molar-refractivity contribution in [2.45, 2.75) is 50.2 Å². The van der Waals surface area contributed by atoms with E-state index in [0.717, 1.165) is 22.2 Å². The molecule has 1 unspecified atom stereocenters. The molecule has 1 atom stereocenters. The fraction of sp³-hybridized carbons (Fsp3) is 0.500. The van der Waals surface area contributed by atoms with E-state index in [2.05, 4.69) is 26.6 Å². The van der Waals surface area contributed by atoms with Crippen LogP contribution in [0.25, 0.3) is 0 Å². The standard InChI is InChI=1S/C26H30BrFN2O3/c27-19-1-6-24(23(10-19)25(32)30-21-4-2-20(28)3-5-21)33-15-22(31)14-29-26-11-16-7-17(12-26)9-18(8-16)13-26/h1-6,10,16-18,22,29,31H,7-9,11-15H2,(H,30,32). The van der Waals surface area contributed by atoms with Gasteiger partial charge in [0.2, 0.25) is 0 Å². The molecule has 176 valence electrons. The van der Waals surface area contributed by atoms with E-state index in [4.69, 9.17) is 4.74 Å². The lowest BCUT2D eigenvalue weighted by Gasteiger charge is -2.57. The van der Waals surface area contributed by atoms with Crippen molar-refractivity contribution in [3.05, 3.63) is 58.3 Å². The zero-order valence-corrected chi connectivity index (χ0v) is 20.1. The minimum Gasteiger partial charge on any atom is -0.490 e. The first kappa shape index (κ1) is 22.8. The molecule has 4 aliphatic rings. The molecule has 5 nitrogen and oxygen atoms in total. The van der Waals surface area contributed by atoms with E-state index in [0.29, 0.717) is 23.5 Å². The average molecular weight is 517 g/mol. The number of carbonyl (C=O) groups excluding carboxylic acids is 1. The highest BCUT2D eigenvalue weighted by molar-refractivity contribution is 9.10. The normalized spacial score (nSPS) is 28.5. The number of amides is 1. The zero-order valence-electron chi connectivity index (χ0n) is 18.5. The number of β-amino-alcohol motifs (C(OH)–C–C–N with tert-alkyl or cyclic N) is 1. The Morgan fingerprint density at radius 2 is 1.73 bits per heavy atom. The molecule has 7 heteroatoms. The van der Waals surface area contributed by atoms with Gasteiger partial charge in [-0.3, -0.25) is 4.79 Å². The molecule has 4 aliphatic carbocycles. The highest BCUT2D eigenvalue weighted by Gasteiger charge is 2.50. The van der Waals surface area contributed by atoms with E-state index in [9.17, 15) is 14.3 Å². The van der Waals surface area contributed by atoms with Gasteiger partial charge in [0.1, 0.15) is 24.3 Å². The lowest BCUT2D eigenvalue weighted by molar-refractivity contribution is -0.0266. The number of aliphatic hydroxyl groups is 1. The molecule has 4 fully saturated rings. The quantitative estimate of drug-likeness (QED) is 0.454. The average Bonchev–Trinajstić information content (AvgIpc) is 2.77. The van der Waals surface area contributed by atoms with E-state index in [1.165, 1.54) is 62.8 Å². The zero-order chi connectivity index (χ0) is 23.0. The van der Waals surface area contributed by atoms with Crippen LogP contribution in [0.4, 0.5) is 10.1 Å². The number of hydrogen-bond acceptors (Lipinski definition) is 4. The van der Waals surface area contributed by atoms with Crippen LogP contribution in [0, 0.1) is 23.6 Å². The minimum atomic E-state index is -0.672. The Balaban J connectivity index is 1.18. The van der Waals surface area contributed by atoms with Crippen LogP contribution in [0.1, 0.15) is 48.9 Å². The molecular weight excluding hydrogens is 487 g/mol. The number of rotatable bonds is 8. The molecule has 6 rings (SSSR count). The van der Waals surface area contributed by atoms with Crippen molar-refractivity contribution >= 4 is 27.5 Å². The molecule has 2 aromatic carbocycles. The number of carbonyl (C=O) groups is 1. The van der Waals surface area contributed by atoms with Gasteiger partial charge >= 0.3 is 0 Å². The van der Waals surface area contributed by atoms with Crippen LogP contribution in [-0.2, 0) is 0 Å². The van der Waals surface area contributed by atoms with Crippen molar-refractivity contribution < 1.29 is 19.0 Å². The Bertz CT molecular complexity index is 978. The minimum absolute atomic E-state index is 0.0951. The highest BCUT2D eigenvalue weighted by atomic mass is 79.9. The summed E-state index contributed by atoms with van der Waals surface area (Å²) in [6.45, 7) is 0.581. The van der Waals surface area contributed by atoms with Crippen LogP contribution in [0.15, 0.2) is 46.9 Å². The second-order valence-corrected chi connectivity index (χ2v) is 11.1. The molecule has 0 aliphatic heterocycles. The molecule has 0 spiro atoms. The summed E-state index contributed by atoms with van der Waals surface area (Å²) < 4.78 is 19.8. The Hall–Kier alpha value is -1.96. The van der Waals surface area contributed by atoms with Gasteiger partial charge in [0, 0.05) is 22.2 Å². The largest absolute Gasteiger partial charge is 0.490 e. The summed E-state index contributed by atoms with van der Waals surface area (Å²) in [5.41, 5.74) is 1.02. The molecule has 3 N–H and O–H groups in total. The molecule has 4 saturated carbocycles. The van der Waals surface area contributed by atoms with E-state index < -0.39 is 6.10 Å². The van der Waals surface area contributed by atoms with E-state index in [1.807, 2.05) is 0 Å². The van der Waals surface area contributed by atoms with Gasteiger partial charge in [0.15, 0.2) is 0 Å². The number of nitrogens with one attached hydrogen (secondary N) is 2. The van der Waals surface area contributed by atoms with Gasteiger partial charge in [0.05, 0.1) is 5.56 Å². The van der Waals surface area contributed by atoms with Crippen molar-refractivity contribution in [2.75, 3.05) is 18.5 Å². The third-order valence-corrected chi connectivity index (χ3v) is 7.96. The SMILES string of the molecule is O=C(Nc1ccc(F)cc1)c1cc(Br)ccc1OCC(O)CNC12CC3CC(CC(C3)C1)C2. The van der Waals surface area contributed by atoms with Gasteiger partial charge in [-0.2, -0.15) is 0 Å². The Morgan fingerprint density at radius 3 is 2.36 bits per heavy atom. The molecule has 0 saturated heterocycles. The van der Waals surface area contributed by atoms with Crippen molar-refractivity contribution in [2.24, 2.45) is 17.8 Å². The molecule has 2 aromatic rings. The van der Waals surface area contributed by atoms with Crippen molar-refractivity contribution in [1.82, 2.24) is 5.32 Å². The van der Waals surface area contributed by atoms with Gasteiger partial charge in [-0.1, -0.05) is 15.9 Å². The summed E-state index contributed by atoms with van der Waals surface area (Å²) in [5, 5.41) is 17.1. The maximum atomic E-state index is 13.1. The van der Waals surface area contributed by atoms with Crippen LogP contribution in [0.2, 0.25) is 0 Å². The number of halogens is 2. The molecular formula is C26H30BrFN2O3. The summed E-state index contributed by atoms with van der Waals surface area (Å²) in [6.07, 6.45) is 7.18. The first-order valence-electron chi connectivity index (χ1n) is 11.8. The monoisotopic (exact) mass is 516 g/mol. The Kier molecular flexibility index (Phi) is 6.47. The molecule has 0 heterocycles. The van der Waals surface area contributed by atoms with Gasteiger partial charge in [0.25, 0.3) is 5.91 Å². The first-order valence-corrected chi connectivity index (χ1v) is 12.6. The second-order valence-electron chi connectivity index (χ2n) is 10.1. The third kappa shape index (κ3) is 5.26. The number of hydrogen-bond donors (Lipinski definition) is 3.